The fraction of sp³-hybridized carbons (Fsp3) is 0.188. The molecule has 0 saturated carbocycles. The van der Waals surface area contributed by atoms with E-state index in [2.05, 4.69) is 0 Å². The Morgan fingerprint density at radius 2 is 1.92 bits per heavy atom. The van der Waals surface area contributed by atoms with Gasteiger partial charge in [-0.1, -0.05) is 23.7 Å². The molecule has 0 heterocycles. The van der Waals surface area contributed by atoms with Gasteiger partial charge in [-0.3, -0.25) is 14.9 Å². The van der Waals surface area contributed by atoms with Crippen LogP contribution < -0.4 is 5.14 Å². The number of nitro benzene ring substituents is 1. The summed E-state index contributed by atoms with van der Waals surface area (Å²) in [7, 11) is -2.57. The molecule has 0 unspecified atom stereocenters. The second-order valence-corrected chi connectivity index (χ2v) is 7.57. The maximum absolute atomic E-state index is 12.7. The van der Waals surface area contributed by atoms with Crippen molar-refractivity contribution in [2.24, 2.45) is 5.14 Å². The second kappa shape index (κ2) is 7.40. The van der Waals surface area contributed by atoms with Gasteiger partial charge in [0.1, 0.15) is 4.90 Å². The zero-order chi connectivity index (χ0) is 19.6. The van der Waals surface area contributed by atoms with Gasteiger partial charge in [0.2, 0.25) is 10.0 Å². The third-order valence-corrected chi connectivity index (χ3v) is 5.34. The van der Waals surface area contributed by atoms with Gasteiger partial charge in [0.15, 0.2) is 0 Å². The van der Waals surface area contributed by atoms with Crippen molar-refractivity contribution in [2.45, 2.75) is 17.9 Å². The third kappa shape index (κ3) is 4.18. The third-order valence-electron chi connectivity index (χ3n) is 3.95. The molecule has 2 aromatic rings. The number of carbonyl (C=O) groups excluding carboxylic acids is 1. The van der Waals surface area contributed by atoms with Gasteiger partial charge in [0.25, 0.3) is 11.6 Å². The highest BCUT2D eigenvalue weighted by molar-refractivity contribution is 7.89. The minimum atomic E-state index is -4.08. The molecule has 1 amide bonds. The van der Waals surface area contributed by atoms with E-state index >= 15 is 0 Å². The van der Waals surface area contributed by atoms with E-state index in [1.165, 1.54) is 42.3 Å². The molecule has 2 N–H and O–H groups in total. The predicted molar refractivity (Wildman–Crippen MR) is 96.4 cm³/mol. The van der Waals surface area contributed by atoms with Gasteiger partial charge >= 0.3 is 0 Å². The topological polar surface area (TPSA) is 124 Å². The zero-order valence-electron chi connectivity index (χ0n) is 13.9. The molecule has 2 aromatic carbocycles. The Bertz CT molecular complexity index is 978. The number of carbonyl (C=O) groups is 1. The van der Waals surface area contributed by atoms with Crippen LogP contribution in [0.25, 0.3) is 0 Å². The molecule has 8 nitrogen and oxygen atoms in total. The number of benzene rings is 2. The number of halogens is 1. The van der Waals surface area contributed by atoms with Crippen molar-refractivity contribution in [1.29, 1.82) is 0 Å². The number of non-ortho nitro benzene ring substituents is 1. The SMILES string of the molecule is C[C@@H](c1cccc([N+](=O)[O-])c1)N(C)C(=O)c1ccc(Cl)c(S(N)(=O)=O)c1. The molecular weight excluding hydrogens is 382 g/mol. The number of nitrogens with zero attached hydrogens (tertiary/aromatic N) is 2. The predicted octanol–water partition coefficient (Wildman–Crippen LogP) is 2.73. The second-order valence-electron chi connectivity index (χ2n) is 5.63. The van der Waals surface area contributed by atoms with Gasteiger partial charge in [-0.2, -0.15) is 0 Å². The summed E-state index contributed by atoms with van der Waals surface area (Å²) >= 11 is 5.82. The van der Waals surface area contributed by atoms with Crippen molar-refractivity contribution in [1.82, 2.24) is 4.90 Å². The molecule has 26 heavy (non-hydrogen) atoms. The molecule has 138 valence electrons. The maximum Gasteiger partial charge on any atom is 0.269 e. The van der Waals surface area contributed by atoms with E-state index in [9.17, 15) is 23.3 Å². The Morgan fingerprint density at radius 3 is 2.50 bits per heavy atom. The number of amides is 1. The van der Waals surface area contributed by atoms with Crippen molar-refractivity contribution in [2.75, 3.05) is 7.05 Å². The van der Waals surface area contributed by atoms with Crippen molar-refractivity contribution in [3.8, 4) is 0 Å². The standard InChI is InChI=1S/C16H16ClN3O5S/c1-10(11-4-3-5-13(8-11)20(22)23)19(2)16(21)12-6-7-14(17)15(9-12)26(18,24)25/h3-10H,1-2H3,(H2,18,24,25)/t10-/m0/s1. The van der Waals surface area contributed by atoms with Crippen LogP contribution in [0.1, 0.15) is 28.9 Å². The summed E-state index contributed by atoms with van der Waals surface area (Å²) < 4.78 is 23.1. The molecule has 0 saturated heterocycles. The molecule has 0 radical (unpaired) electrons. The normalized spacial score (nSPS) is 12.5. The molecule has 0 aromatic heterocycles. The molecule has 0 bridgehead atoms. The first-order valence-electron chi connectivity index (χ1n) is 7.36. The van der Waals surface area contributed by atoms with E-state index in [-0.39, 0.29) is 21.2 Å². The summed E-state index contributed by atoms with van der Waals surface area (Å²) in [6.07, 6.45) is 0. The molecule has 10 heteroatoms. The smallest absolute Gasteiger partial charge is 0.269 e. The quantitative estimate of drug-likeness (QED) is 0.613. The van der Waals surface area contributed by atoms with Crippen LogP contribution in [-0.2, 0) is 10.0 Å². The first-order chi connectivity index (χ1) is 12.0. The minimum absolute atomic E-state index is 0.0817. The number of nitro groups is 1. The summed E-state index contributed by atoms with van der Waals surface area (Å²) in [5.74, 6) is -0.481. The number of hydrogen-bond acceptors (Lipinski definition) is 5. The van der Waals surface area contributed by atoms with Crippen LogP contribution in [0.2, 0.25) is 5.02 Å². The summed E-state index contributed by atoms with van der Waals surface area (Å²) in [6, 6.07) is 9.22. The average molecular weight is 398 g/mol. The highest BCUT2D eigenvalue weighted by Crippen LogP contribution is 2.26. The number of hydrogen-bond donors (Lipinski definition) is 1. The van der Waals surface area contributed by atoms with Crippen LogP contribution in [0.4, 0.5) is 5.69 Å². The van der Waals surface area contributed by atoms with Crippen LogP contribution in [0.15, 0.2) is 47.4 Å². The van der Waals surface area contributed by atoms with Crippen LogP contribution >= 0.6 is 11.6 Å². The van der Waals surface area contributed by atoms with Crippen LogP contribution in [-0.4, -0.2) is 31.2 Å². The molecule has 0 aliphatic rings. The highest BCUT2D eigenvalue weighted by atomic mass is 35.5. The highest BCUT2D eigenvalue weighted by Gasteiger charge is 2.23. The van der Waals surface area contributed by atoms with E-state index < -0.39 is 26.9 Å². The molecule has 0 aliphatic carbocycles. The largest absolute Gasteiger partial charge is 0.335 e. The minimum Gasteiger partial charge on any atom is -0.335 e. The lowest BCUT2D eigenvalue weighted by Crippen LogP contribution is -2.30. The number of primary sulfonamides is 1. The summed E-state index contributed by atoms with van der Waals surface area (Å²) in [6.45, 7) is 1.70. The number of sulfonamides is 1. The van der Waals surface area contributed by atoms with Crippen LogP contribution in [0.3, 0.4) is 0 Å². The lowest BCUT2D eigenvalue weighted by atomic mass is 10.1. The molecule has 0 aliphatic heterocycles. The summed E-state index contributed by atoms with van der Waals surface area (Å²) in [4.78, 5) is 24.1. The van der Waals surface area contributed by atoms with Gasteiger partial charge in [-0.25, -0.2) is 13.6 Å². The van der Waals surface area contributed by atoms with E-state index in [1.807, 2.05) is 0 Å². The van der Waals surface area contributed by atoms with E-state index in [4.69, 9.17) is 16.7 Å². The lowest BCUT2D eigenvalue weighted by Gasteiger charge is -2.25. The van der Waals surface area contributed by atoms with Gasteiger partial charge in [0, 0.05) is 24.7 Å². The average Bonchev–Trinajstić information content (AvgIpc) is 2.59. The Balaban J connectivity index is 2.35. The number of nitrogens with two attached hydrogens (primary N) is 1. The van der Waals surface area contributed by atoms with E-state index in [0.29, 0.717) is 5.56 Å². The Morgan fingerprint density at radius 1 is 1.27 bits per heavy atom. The van der Waals surface area contributed by atoms with E-state index in [1.54, 1.807) is 13.0 Å². The molecule has 0 spiro atoms. The maximum atomic E-state index is 12.7. The summed E-state index contributed by atoms with van der Waals surface area (Å²) in [5, 5.41) is 15.9. The molecule has 2 rings (SSSR count). The Hall–Kier alpha value is -2.49. The summed E-state index contributed by atoms with van der Waals surface area (Å²) in [5.41, 5.74) is 0.562. The number of rotatable bonds is 5. The first-order valence-corrected chi connectivity index (χ1v) is 9.28. The van der Waals surface area contributed by atoms with Gasteiger partial charge in [-0.05, 0) is 30.7 Å². The van der Waals surface area contributed by atoms with Gasteiger partial charge in [-0.15, -0.1) is 0 Å². The Kier molecular flexibility index (Phi) is 5.65. The van der Waals surface area contributed by atoms with E-state index in [0.717, 1.165) is 6.07 Å². The first kappa shape index (κ1) is 19.8. The van der Waals surface area contributed by atoms with Crippen LogP contribution in [0, 0.1) is 10.1 Å². The molecule has 0 fully saturated rings. The van der Waals surface area contributed by atoms with Crippen molar-refractivity contribution >= 4 is 33.2 Å². The fourth-order valence-corrected chi connectivity index (χ4v) is 3.43. The van der Waals surface area contributed by atoms with Crippen molar-refractivity contribution in [3.63, 3.8) is 0 Å². The molecular formula is C16H16ClN3O5S. The van der Waals surface area contributed by atoms with Crippen molar-refractivity contribution < 1.29 is 18.1 Å². The van der Waals surface area contributed by atoms with Crippen molar-refractivity contribution in [3.05, 3.63) is 68.7 Å². The van der Waals surface area contributed by atoms with Crippen LogP contribution in [0.5, 0.6) is 0 Å². The molecule has 1 atom stereocenters. The zero-order valence-corrected chi connectivity index (χ0v) is 15.5. The van der Waals surface area contributed by atoms with Gasteiger partial charge in [0.05, 0.1) is 16.0 Å². The monoisotopic (exact) mass is 397 g/mol. The fourth-order valence-electron chi connectivity index (χ4n) is 2.36. The Labute approximate surface area is 155 Å². The van der Waals surface area contributed by atoms with Gasteiger partial charge < -0.3 is 4.90 Å². The lowest BCUT2D eigenvalue weighted by molar-refractivity contribution is -0.384.